The van der Waals surface area contributed by atoms with E-state index < -0.39 is 0 Å². The molecule has 14 heavy (non-hydrogen) atoms. The minimum Gasteiger partial charge on any atom is -0.313 e. The molecule has 1 aliphatic rings. The van der Waals surface area contributed by atoms with E-state index in [2.05, 4.69) is 25.2 Å². The summed E-state index contributed by atoms with van der Waals surface area (Å²) in [6, 6.07) is 0. The monoisotopic (exact) mass is 215 g/mol. The van der Waals surface area contributed by atoms with Gasteiger partial charge in [0.15, 0.2) is 0 Å². The molecule has 0 saturated heterocycles. The fourth-order valence-corrected chi connectivity index (χ4v) is 2.38. The van der Waals surface area contributed by atoms with Crippen LogP contribution < -0.4 is 5.32 Å². The van der Waals surface area contributed by atoms with Gasteiger partial charge >= 0.3 is 0 Å². The summed E-state index contributed by atoms with van der Waals surface area (Å²) in [6.45, 7) is 6.41. The van der Waals surface area contributed by atoms with Crippen molar-refractivity contribution in [2.75, 3.05) is 13.1 Å². The highest BCUT2D eigenvalue weighted by atomic mass is 35.5. The van der Waals surface area contributed by atoms with Crippen LogP contribution >= 0.6 is 11.6 Å². The largest absolute Gasteiger partial charge is 0.313 e. The van der Waals surface area contributed by atoms with Crippen molar-refractivity contribution in [1.82, 2.24) is 5.32 Å². The maximum absolute atomic E-state index is 6.13. The van der Waals surface area contributed by atoms with Gasteiger partial charge in [0.1, 0.15) is 0 Å². The van der Waals surface area contributed by atoms with Gasteiger partial charge in [-0.25, -0.2) is 0 Å². The molecule has 0 aromatic heterocycles. The maximum atomic E-state index is 6.13. The first-order valence-electron chi connectivity index (χ1n) is 5.66. The summed E-state index contributed by atoms with van der Waals surface area (Å²) in [4.78, 5) is 0. The van der Waals surface area contributed by atoms with Crippen LogP contribution in [0.15, 0.2) is 11.6 Å². The van der Waals surface area contributed by atoms with Crippen molar-refractivity contribution in [3.05, 3.63) is 11.6 Å². The molecular weight excluding hydrogens is 194 g/mol. The van der Waals surface area contributed by atoms with E-state index in [0.29, 0.717) is 5.38 Å². The SMILES string of the molecule is CC(C)=CCNCC1CCCC(Cl)C1. The zero-order valence-electron chi connectivity index (χ0n) is 9.35. The molecule has 1 N–H and O–H groups in total. The summed E-state index contributed by atoms with van der Waals surface area (Å²) in [5, 5.41) is 3.90. The van der Waals surface area contributed by atoms with Gasteiger partial charge in [-0.2, -0.15) is 0 Å². The molecule has 0 amide bonds. The van der Waals surface area contributed by atoms with Crippen molar-refractivity contribution in [3.8, 4) is 0 Å². The number of hydrogen-bond acceptors (Lipinski definition) is 1. The van der Waals surface area contributed by atoms with Crippen LogP contribution in [0.5, 0.6) is 0 Å². The summed E-state index contributed by atoms with van der Waals surface area (Å²) in [5.74, 6) is 0.803. The van der Waals surface area contributed by atoms with E-state index in [1.54, 1.807) is 0 Å². The zero-order chi connectivity index (χ0) is 10.4. The van der Waals surface area contributed by atoms with E-state index in [-0.39, 0.29) is 0 Å². The summed E-state index contributed by atoms with van der Waals surface area (Å²) in [6.07, 6.45) is 7.31. The van der Waals surface area contributed by atoms with Crippen molar-refractivity contribution in [2.45, 2.75) is 44.9 Å². The first kappa shape index (κ1) is 12.1. The van der Waals surface area contributed by atoms with Crippen LogP contribution in [-0.2, 0) is 0 Å². The molecule has 1 saturated carbocycles. The first-order valence-corrected chi connectivity index (χ1v) is 6.10. The van der Waals surface area contributed by atoms with Crippen molar-refractivity contribution >= 4 is 11.6 Å². The summed E-state index contributed by atoms with van der Waals surface area (Å²) < 4.78 is 0. The van der Waals surface area contributed by atoms with Crippen LogP contribution in [0.25, 0.3) is 0 Å². The Morgan fingerprint density at radius 3 is 2.86 bits per heavy atom. The van der Waals surface area contributed by atoms with Crippen LogP contribution in [0.3, 0.4) is 0 Å². The molecule has 0 aromatic carbocycles. The van der Waals surface area contributed by atoms with E-state index in [1.807, 2.05) is 0 Å². The fraction of sp³-hybridized carbons (Fsp3) is 0.833. The summed E-state index contributed by atoms with van der Waals surface area (Å²) in [5.41, 5.74) is 1.39. The topological polar surface area (TPSA) is 12.0 Å². The Hall–Kier alpha value is -0.0100. The lowest BCUT2D eigenvalue weighted by Crippen LogP contribution is -2.27. The Balaban J connectivity index is 2.09. The van der Waals surface area contributed by atoms with Crippen LogP contribution in [0.2, 0.25) is 0 Å². The van der Waals surface area contributed by atoms with Crippen LogP contribution in [0, 0.1) is 5.92 Å². The van der Waals surface area contributed by atoms with Gasteiger partial charge in [-0.1, -0.05) is 18.1 Å². The Morgan fingerprint density at radius 1 is 1.43 bits per heavy atom. The average molecular weight is 216 g/mol. The smallest absolute Gasteiger partial charge is 0.0339 e. The van der Waals surface area contributed by atoms with E-state index in [9.17, 15) is 0 Å². The predicted octanol–water partition coefficient (Wildman–Crippen LogP) is 3.34. The van der Waals surface area contributed by atoms with Crippen molar-refractivity contribution < 1.29 is 0 Å². The van der Waals surface area contributed by atoms with Crippen LogP contribution in [-0.4, -0.2) is 18.5 Å². The second kappa shape index (κ2) is 6.47. The maximum Gasteiger partial charge on any atom is 0.0339 e. The molecule has 1 fully saturated rings. The molecule has 1 rings (SSSR count). The molecule has 2 atom stereocenters. The van der Waals surface area contributed by atoms with Gasteiger partial charge in [0, 0.05) is 11.9 Å². The van der Waals surface area contributed by atoms with E-state index in [4.69, 9.17) is 11.6 Å². The summed E-state index contributed by atoms with van der Waals surface area (Å²) in [7, 11) is 0. The highest BCUT2D eigenvalue weighted by Gasteiger charge is 2.19. The van der Waals surface area contributed by atoms with E-state index >= 15 is 0 Å². The molecule has 0 radical (unpaired) electrons. The highest BCUT2D eigenvalue weighted by Crippen LogP contribution is 2.27. The number of hydrogen-bond donors (Lipinski definition) is 1. The summed E-state index contributed by atoms with van der Waals surface area (Å²) >= 11 is 6.13. The van der Waals surface area contributed by atoms with Crippen molar-refractivity contribution in [1.29, 1.82) is 0 Å². The predicted molar refractivity (Wildman–Crippen MR) is 63.9 cm³/mol. The Labute approximate surface area is 92.9 Å². The molecule has 1 aliphatic carbocycles. The van der Waals surface area contributed by atoms with Gasteiger partial charge in [-0.15, -0.1) is 11.6 Å². The lowest BCUT2D eigenvalue weighted by molar-refractivity contribution is 0.351. The lowest BCUT2D eigenvalue weighted by Gasteiger charge is -2.25. The minimum absolute atomic E-state index is 0.430. The molecule has 0 aromatic rings. The quantitative estimate of drug-likeness (QED) is 0.431. The number of halogens is 1. The third-order valence-corrected chi connectivity index (χ3v) is 3.20. The second-order valence-electron chi connectivity index (χ2n) is 4.57. The molecule has 0 aliphatic heterocycles. The number of rotatable bonds is 4. The normalized spacial score (nSPS) is 27.4. The second-order valence-corrected chi connectivity index (χ2v) is 5.19. The first-order chi connectivity index (χ1) is 6.68. The lowest BCUT2D eigenvalue weighted by atomic mass is 9.89. The van der Waals surface area contributed by atoms with Gasteiger partial charge in [0.2, 0.25) is 0 Å². The zero-order valence-corrected chi connectivity index (χ0v) is 10.1. The van der Waals surface area contributed by atoms with Gasteiger partial charge < -0.3 is 5.32 Å². The minimum atomic E-state index is 0.430. The number of nitrogens with one attached hydrogen (secondary N) is 1. The average Bonchev–Trinajstić information content (AvgIpc) is 2.12. The van der Waals surface area contributed by atoms with Crippen molar-refractivity contribution in [2.24, 2.45) is 5.92 Å². The Bertz CT molecular complexity index is 185. The van der Waals surface area contributed by atoms with Crippen LogP contribution in [0.1, 0.15) is 39.5 Å². The number of alkyl halides is 1. The van der Waals surface area contributed by atoms with Crippen molar-refractivity contribution in [3.63, 3.8) is 0 Å². The van der Waals surface area contributed by atoms with Crippen LogP contribution in [0.4, 0.5) is 0 Å². The molecule has 2 heteroatoms. The van der Waals surface area contributed by atoms with Gasteiger partial charge in [0.25, 0.3) is 0 Å². The molecule has 0 heterocycles. The molecule has 82 valence electrons. The molecular formula is C12H22ClN. The molecule has 0 spiro atoms. The van der Waals surface area contributed by atoms with E-state index in [1.165, 1.54) is 31.3 Å². The Kier molecular flexibility index (Phi) is 5.57. The third-order valence-electron chi connectivity index (χ3n) is 2.81. The molecule has 0 bridgehead atoms. The number of allylic oxidation sites excluding steroid dienone is 1. The van der Waals surface area contributed by atoms with Gasteiger partial charge in [-0.3, -0.25) is 0 Å². The Morgan fingerprint density at radius 2 is 2.21 bits per heavy atom. The van der Waals surface area contributed by atoms with Gasteiger partial charge in [0.05, 0.1) is 0 Å². The molecule has 2 unspecified atom stereocenters. The highest BCUT2D eigenvalue weighted by molar-refractivity contribution is 6.20. The standard InChI is InChI=1S/C12H22ClN/c1-10(2)6-7-14-9-11-4-3-5-12(13)8-11/h6,11-12,14H,3-5,7-9H2,1-2H3. The molecule has 1 nitrogen and oxygen atoms in total. The van der Waals surface area contributed by atoms with Gasteiger partial charge in [-0.05, 0) is 45.6 Å². The fourth-order valence-electron chi connectivity index (χ4n) is 1.97. The third kappa shape index (κ3) is 5.02. The van der Waals surface area contributed by atoms with E-state index in [0.717, 1.165) is 19.0 Å².